The third-order valence-electron chi connectivity index (χ3n) is 3.05. The van der Waals surface area contributed by atoms with Crippen LogP contribution >= 0.6 is 0 Å². The van der Waals surface area contributed by atoms with Crippen molar-refractivity contribution in [2.75, 3.05) is 19.9 Å². The molecule has 0 aliphatic rings. The van der Waals surface area contributed by atoms with Crippen molar-refractivity contribution in [3.05, 3.63) is 24.3 Å². The van der Waals surface area contributed by atoms with Gasteiger partial charge in [-0.2, -0.15) is 0 Å². The molecule has 0 aromatic heterocycles. The van der Waals surface area contributed by atoms with Gasteiger partial charge < -0.3 is 14.4 Å². The van der Waals surface area contributed by atoms with Crippen LogP contribution in [0.25, 0.3) is 0 Å². The second-order valence-corrected chi connectivity index (χ2v) is 5.47. The van der Waals surface area contributed by atoms with Crippen LogP contribution in [0.3, 0.4) is 0 Å². The van der Waals surface area contributed by atoms with E-state index in [0.717, 1.165) is 25.7 Å². The zero-order chi connectivity index (χ0) is 17.5. The number of amides is 1. The van der Waals surface area contributed by atoms with Crippen molar-refractivity contribution in [2.24, 2.45) is 5.92 Å². The summed E-state index contributed by atoms with van der Waals surface area (Å²) in [6.07, 6.45) is 11.3. The minimum atomic E-state index is -0.448. The molecule has 0 radical (unpaired) electrons. The van der Waals surface area contributed by atoms with Gasteiger partial charge in [0.2, 0.25) is 6.79 Å². The summed E-state index contributed by atoms with van der Waals surface area (Å²) in [6, 6.07) is 0. The van der Waals surface area contributed by atoms with Gasteiger partial charge in [0.05, 0.1) is 5.92 Å². The van der Waals surface area contributed by atoms with Crippen LogP contribution in [0.2, 0.25) is 0 Å². The van der Waals surface area contributed by atoms with Crippen LogP contribution < -0.4 is 0 Å². The number of hydrogen-bond acceptors (Lipinski definition) is 4. The van der Waals surface area contributed by atoms with Crippen molar-refractivity contribution in [1.29, 1.82) is 0 Å². The minimum absolute atomic E-state index is 0. The zero-order valence-corrected chi connectivity index (χ0v) is 14.9. The highest BCUT2D eigenvalue weighted by Gasteiger charge is 2.15. The Bertz CT molecular complexity index is 371. The van der Waals surface area contributed by atoms with E-state index in [1.165, 1.54) is 0 Å². The van der Waals surface area contributed by atoms with Crippen molar-refractivity contribution in [3.8, 4) is 0 Å². The molecular formula is C19H35NO4. The average Bonchev–Trinajstić information content (AvgIpc) is 2.52. The molecule has 0 aromatic rings. The highest BCUT2D eigenvalue weighted by Crippen LogP contribution is 2.02. The summed E-state index contributed by atoms with van der Waals surface area (Å²) >= 11 is 0. The lowest BCUT2D eigenvalue weighted by atomic mass is 10.2. The SMILES string of the molecule is C.CCC=CCCN(CCC=CCC)C(=O)OCOC(=O)C(C)C. The topological polar surface area (TPSA) is 55.8 Å². The van der Waals surface area contributed by atoms with Crippen LogP contribution in [0.5, 0.6) is 0 Å². The predicted octanol–water partition coefficient (Wildman–Crippen LogP) is 4.93. The first-order valence-electron chi connectivity index (χ1n) is 8.41. The molecule has 1 amide bonds. The molecule has 5 heteroatoms. The second-order valence-electron chi connectivity index (χ2n) is 5.47. The monoisotopic (exact) mass is 341 g/mol. The van der Waals surface area contributed by atoms with Crippen LogP contribution in [0, 0.1) is 5.92 Å². The zero-order valence-electron chi connectivity index (χ0n) is 14.9. The van der Waals surface area contributed by atoms with E-state index in [0.29, 0.717) is 13.1 Å². The van der Waals surface area contributed by atoms with E-state index in [2.05, 4.69) is 38.2 Å². The summed E-state index contributed by atoms with van der Waals surface area (Å²) in [6.45, 7) is 8.46. The molecule has 0 atom stereocenters. The van der Waals surface area contributed by atoms with Gasteiger partial charge in [0.1, 0.15) is 0 Å². The summed E-state index contributed by atoms with van der Waals surface area (Å²) < 4.78 is 9.91. The number of ether oxygens (including phenoxy) is 2. The summed E-state index contributed by atoms with van der Waals surface area (Å²) in [5.74, 6) is -0.607. The van der Waals surface area contributed by atoms with Crippen molar-refractivity contribution in [2.45, 2.75) is 60.8 Å². The minimum Gasteiger partial charge on any atom is -0.428 e. The number of carbonyl (C=O) groups excluding carboxylic acids is 2. The molecule has 24 heavy (non-hydrogen) atoms. The van der Waals surface area contributed by atoms with Crippen molar-refractivity contribution < 1.29 is 19.1 Å². The highest BCUT2D eigenvalue weighted by molar-refractivity contribution is 5.72. The molecule has 140 valence electrons. The van der Waals surface area contributed by atoms with Crippen LogP contribution in [0.15, 0.2) is 24.3 Å². The number of nitrogens with zero attached hydrogens (tertiary/aromatic N) is 1. The van der Waals surface area contributed by atoms with E-state index < -0.39 is 6.09 Å². The normalized spacial score (nSPS) is 10.9. The molecule has 0 aromatic carbocycles. The lowest BCUT2D eigenvalue weighted by Crippen LogP contribution is -2.34. The maximum absolute atomic E-state index is 12.1. The molecule has 0 spiro atoms. The Morgan fingerprint density at radius 1 is 0.917 bits per heavy atom. The molecule has 0 bridgehead atoms. The predicted molar refractivity (Wildman–Crippen MR) is 98.7 cm³/mol. The highest BCUT2D eigenvalue weighted by atomic mass is 16.7. The first-order chi connectivity index (χ1) is 11.0. The molecule has 0 saturated heterocycles. The molecule has 0 saturated carbocycles. The lowest BCUT2D eigenvalue weighted by molar-refractivity contribution is -0.156. The van der Waals surface area contributed by atoms with E-state index in [-0.39, 0.29) is 26.1 Å². The molecule has 0 fully saturated rings. The Balaban J connectivity index is 0. The molecule has 0 aliphatic carbocycles. The fraction of sp³-hybridized carbons (Fsp3) is 0.684. The number of esters is 1. The summed E-state index contributed by atoms with van der Waals surface area (Å²) in [5, 5.41) is 0. The molecular weight excluding hydrogens is 306 g/mol. The van der Waals surface area contributed by atoms with Gasteiger partial charge in [0.15, 0.2) is 0 Å². The van der Waals surface area contributed by atoms with Crippen LogP contribution in [-0.4, -0.2) is 36.8 Å². The van der Waals surface area contributed by atoms with Crippen LogP contribution in [-0.2, 0) is 14.3 Å². The third kappa shape index (κ3) is 12.7. The lowest BCUT2D eigenvalue weighted by Gasteiger charge is -2.21. The summed E-state index contributed by atoms with van der Waals surface area (Å²) in [5.41, 5.74) is 0. The molecule has 5 nitrogen and oxygen atoms in total. The third-order valence-corrected chi connectivity index (χ3v) is 3.05. The molecule has 0 aliphatic heterocycles. The first kappa shape index (κ1) is 24.5. The van der Waals surface area contributed by atoms with Crippen LogP contribution in [0.4, 0.5) is 4.79 Å². The van der Waals surface area contributed by atoms with Gasteiger partial charge in [-0.15, -0.1) is 0 Å². The second kappa shape index (κ2) is 16.1. The Hall–Kier alpha value is -1.78. The quantitative estimate of drug-likeness (QED) is 0.304. The van der Waals surface area contributed by atoms with Gasteiger partial charge in [-0.05, 0) is 25.7 Å². The smallest absolute Gasteiger partial charge is 0.412 e. The largest absolute Gasteiger partial charge is 0.428 e. The van der Waals surface area contributed by atoms with E-state index in [1.54, 1.807) is 18.7 Å². The van der Waals surface area contributed by atoms with Gasteiger partial charge in [0.25, 0.3) is 0 Å². The van der Waals surface area contributed by atoms with E-state index in [9.17, 15) is 9.59 Å². The van der Waals surface area contributed by atoms with E-state index >= 15 is 0 Å². The Morgan fingerprint density at radius 2 is 1.42 bits per heavy atom. The van der Waals surface area contributed by atoms with Gasteiger partial charge in [-0.3, -0.25) is 4.79 Å². The van der Waals surface area contributed by atoms with Crippen molar-refractivity contribution in [1.82, 2.24) is 4.90 Å². The fourth-order valence-electron chi connectivity index (χ4n) is 1.72. The van der Waals surface area contributed by atoms with Crippen molar-refractivity contribution >= 4 is 12.1 Å². The van der Waals surface area contributed by atoms with Gasteiger partial charge >= 0.3 is 12.1 Å². The maximum Gasteiger partial charge on any atom is 0.412 e. The molecule has 0 heterocycles. The van der Waals surface area contributed by atoms with Gasteiger partial charge in [-0.1, -0.05) is 59.4 Å². The number of allylic oxidation sites excluding steroid dienone is 2. The Labute approximate surface area is 147 Å². The summed E-state index contributed by atoms with van der Waals surface area (Å²) in [4.78, 5) is 25.1. The van der Waals surface area contributed by atoms with E-state index in [4.69, 9.17) is 9.47 Å². The Morgan fingerprint density at radius 3 is 1.83 bits per heavy atom. The average molecular weight is 341 g/mol. The first-order valence-corrected chi connectivity index (χ1v) is 8.41. The molecule has 0 unspecified atom stereocenters. The molecule has 0 rings (SSSR count). The van der Waals surface area contributed by atoms with E-state index in [1.807, 2.05) is 0 Å². The van der Waals surface area contributed by atoms with Gasteiger partial charge in [0, 0.05) is 13.1 Å². The Kier molecular flexibility index (Phi) is 16.4. The maximum atomic E-state index is 12.1. The number of hydrogen-bond donors (Lipinski definition) is 0. The van der Waals surface area contributed by atoms with Crippen molar-refractivity contribution in [3.63, 3.8) is 0 Å². The van der Waals surface area contributed by atoms with Gasteiger partial charge in [-0.25, -0.2) is 4.79 Å². The standard InChI is InChI=1S/C18H31NO4.CH4/c1-5-7-9-11-13-19(14-12-10-8-6-2)18(21)23-15-22-17(20)16(3)4;/h7-10,16H,5-6,11-15H2,1-4H3;1H4. The molecule has 0 N–H and O–H groups in total. The number of rotatable bonds is 11. The fourth-order valence-corrected chi connectivity index (χ4v) is 1.72. The summed E-state index contributed by atoms with van der Waals surface area (Å²) in [7, 11) is 0. The van der Waals surface area contributed by atoms with Crippen LogP contribution in [0.1, 0.15) is 60.8 Å². The number of carbonyl (C=O) groups is 2.